The van der Waals surface area contributed by atoms with Gasteiger partial charge in [-0.05, 0) is 19.3 Å². The SMILES string of the molecule is O=[N+]([O-])c1cnc(NC2CCN(C3CCOC3)CC2)c(Cl)c1. The first-order valence-electron chi connectivity index (χ1n) is 7.52. The summed E-state index contributed by atoms with van der Waals surface area (Å²) in [5, 5.41) is 14.3. The molecule has 2 saturated heterocycles. The van der Waals surface area contributed by atoms with Crippen molar-refractivity contribution < 1.29 is 9.66 Å². The third kappa shape index (κ3) is 3.48. The summed E-state index contributed by atoms with van der Waals surface area (Å²) >= 11 is 6.07. The minimum Gasteiger partial charge on any atom is -0.380 e. The summed E-state index contributed by atoms with van der Waals surface area (Å²) < 4.78 is 5.44. The molecule has 1 N–H and O–H groups in total. The van der Waals surface area contributed by atoms with Crippen molar-refractivity contribution in [2.75, 3.05) is 31.6 Å². The lowest BCUT2D eigenvalue weighted by molar-refractivity contribution is -0.385. The van der Waals surface area contributed by atoms with Crippen LogP contribution in [0.15, 0.2) is 12.3 Å². The molecule has 1 atom stereocenters. The van der Waals surface area contributed by atoms with Crippen LogP contribution < -0.4 is 5.32 Å². The Morgan fingerprint density at radius 2 is 2.18 bits per heavy atom. The van der Waals surface area contributed by atoms with Crippen molar-refractivity contribution in [2.24, 2.45) is 0 Å². The molecule has 120 valence electrons. The summed E-state index contributed by atoms with van der Waals surface area (Å²) in [6, 6.07) is 2.19. The van der Waals surface area contributed by atoms with Crippen molar-refractivity contribution in [3.63, 3.8) is 0 Å². The molecule has 22 heavy (non-hydrogen) atoms. The van der Waals surface area contributed by atoms with Crippen LogP contribution in [0.1, 0.15) is 19.3 Å². The molecule has 1 aromatic rings. The zero-order valence-electron chi connectivity index (χ0n) is 12.2. The summed E-state index contributed by atoms with van der Waals surface area (Å²) in [6.07, 6.45) is 4.37. The van der Waals surface area contributed by atoms with Gasteiger partial charge in [0.2, 0.25) is 0 Å². The Labute approximate surface area is 133 Å². The molecule has 0 spiro atoms. The van der Waals surface area contributed by atoms with E-state index >= 15 is 0 Å². The predicted molar refractivity (Wildman–Crippen MR) is 83.3 cm³/mol. The molecular weight excluding hydrogens is 308 g/mol. The van der Waals surface area contributed by atoms with Crippen LogP contribution in [0.3, 0.4) is 0 Å². The Kier molecular flexibility index (Phi) is 4.75. The van der Waals surface area contributed by atoms with Crippen LogP contribution in [0, 0.1) is 10.1 Å². The molecule has 0 saturated carbocycles. The fourth-order valence-electron chi connectivity index (χ4n) is 3.05. The molecule has 0 bridgehead atoms. The van der Waals surface area contributed by atoms with Gasteiger partial charge in [-0.2, -0.15) is 0 Å². The zero-order valence-corrected chi connectivity index (χ0v) is 13.0. The monoisotopic (exact) mass is 326 g/mol. The van der Waals surface area contributed by atoms with Crippen molar-refractivity contribution in [2.45, 2.75) is 31.3 Å². The number of rotatable bonds is 4. The van der Waals surface area contributed by atoms with Crippen LogP contribution >= 0.6 is 11.6 Å². The minimum atomic E-state index is -0.495. The third-order valence-corrected chi connectivity index (χ3v) is 4.62. The highest BCUT2D eigenvalue weighted by Crippen LogP contribution is 2.26. The number of likely N-dealkylation sites (tertiary alicyclic amines) is 1. The zero-order chi connectivity index (χ0) is 15.5. The fraction of sp³-hybridized carbons (Fsp3) is 0.643. The number of nitro groups is 1. The van der Waals surface area contributed by atoms with Crippen LogP contribution in [-0.4, -0.2) is 53.2 Å². The Morgan fingerprint density at radius 1 is 1.41 bits per heavy atom. The molecule has 0 aromatic carbocycles. The molecule has 7 nitrogen and oxygen atoms in total. The van der Waals surface area contributed by atoms with Gasteiger partial charge in [-0.3, -0.25) is 15.0 Å². The number of nitrogens with zero attached hydrogens (tertiary/aromatic N) is 3. The molecule has 3 heterocycles. The maximum atomic E-state index is 10.7. The first-order chi connectivity index (χ1) is 10.6. The Hall–Kier alpha value is -1.44. The highest BCUT2D eigenvalue weighted by molar-refractivity contribution is 6.33. The van der Waals surface area contributed by atoms with Gasteiger partial charge < -0.3 is 10.1 Å². The lowest BCUT2D eigenvalue weighted by Crippen LogP contribution is -2.45. The highest BCUT2D eigenvalue weighted by Gasteiger charge is 2.28. The molecular formula is C14H19ClN4O3. The van der Waals surface area contributed by atoms with E-state index in [9.17, 15) is 10.1 Å². The maximum absolute atomic E-state index is 10.7. The van der Waals surface area contributed by atoms with Gasteiger partial charge >= 0.3 is 0 Å². The van der Waals surface area contributed by atoms with Crippen molar-refractivity contribution in [3.8, 4) is 0 Å². The largest absolute Gasteiger partial charge is 0.380 e. The van der Waals surface area contributed by atoms with E-state index in [0.29, 0.717) is 22.9 Å². The standard InChI is InChI=1S/C14H19ClN4O3/c15-13-7-12(19(20)21)8-16-14(13)17-10-1-4-18(5-2-10)11-3-6-22-9-11/h7-8,10-11H,1-6,9H2,(H,16,17). The van der Waals surface area contributed by atoms with Gasteiger partial charge in [0.15, 0.2) is 0 Å². The first-order valence-corrected chi connectivity index (χ1v) is 7.89. The second-order valence-electron chi connectivity index (χ2n) is 5.75. The third-order valence-electron chi connectivity index (χ3n) is 4.33. The van der Waals surface area contributed by atoms with Gasteiger partial charge in [0.1, 0.15) is 12.0 Å². The molecule has 3 rings (SSSR count). The molecule has 0 aliphatic carbocycles. The summed E-state index contributed by atoms with van der Waals surface area (Å²) in [5.41, 5.74) is -0.0911. The second-order valence-corrected chi connectivity index (χ2v) is 6.16. The van der Waals surface area contributed by atoms with Gasteiger partial charge in [0.05, 0.1) is 16.6 Å². The molecule has 0 radical (unpaired) electrons. The van der Waals surface area contributed by atoms with Gasteiger partial charge in [-0.25, -0.2) is 4.98 Å². The lowest BCUT2D eigenvalue weighted by Gasteiger charge is -2.35. The van der Waals surface area contributed by atoms with Gasteiger partial charge in [0, 0.05) is 37.8 Å². The number of anilines is 1. The van der Waals surface area contributed by atoms with Crippen LogP contribution in [0.5, 0.6) is 0 Å². The Morgan fingerprint density at radius 3 is 2.77 bits per heavy atom. The van der Waals surface area contributed by atoms with Crippen LogP contribution in [0.4, 0.5) is 11.5 Å². The maximum Gasteiger partial charge on any atom is 0.289 e. The number of hydrogen-bond acceptors (Lipinski definition) is 6. The lowest BCUT2D eigenvalue weighted by atomic mass is 10.0. The molecule has 1 unspecified atom stereocenters. The van der Waals surface area contributed by atoms with Gasteiger partial charge in [-0.1, -0.05) is 11.6 Å². The number of nitrogens with one attached hydrogen (secondary N) is 1. The smallest absolute Gasteiger partial charge is 0.289 e. The Bertz CT molecular complexity index is 543. The predicted octanol–water partition coefficient (Wildman–Crippen LogP) is 2.31. The van der Waals surface area contributed by atoms with E-state index in [1.165, 1.54) is 12.3 Å². The first kappa shape index (κ1) is 15.5. The van der Waals surface area contributed by atoms with Crippen LogP contribution in [0.25, 0.3) is 0 Å². The van der Waals surface area contributed by atoms with E-state index in [1.54, 1.807) is 0 Å². The second kappa shape index (κ2) is 6.76. The summed E-state index contributed by atoms with van der Waals surface area (Å²) in [7, 11) is 0. The number of piperidine rings is 1. The highest BCUT2D eigenvalue weighted by atomic mass is 35.5. The normalized spacial score (nSPS) is 23.6. The van der Waals surface area contributed by atoms with E-state index in [-0.39, 0.29) is 5.69 Å². The van der Waals surface area contributed by atoms with Crippen molar-refractivity contribution in [1.82, 2.24) is 9.88 Å². The average molecular weight is 327 g/mol. The van der Waals surface area contributed by atoms with E-state index in [0.717, 1.165) is 45.6 Å². The summed E-state index contributed by atoms with van der Waals surface area (Å²) in [5.74, 6) is 0.523. The quantitative estimate of drug-likeness (QED) is 0.675. The molecule has 1 aromatic heterocycles. The number of aromatic nitrogens is 1. The molecule has 0 amide bonds. The van der Waals surface area contributed by atoms with E-state index in [1.807, 2.05) is 0 Å². The summed E-state index contributed by atoms with van der Waals surface area (Å²) in [6.45, 7) is 3.76. The number of halogens is 1. The average Bonchev–Trinajstić information content (AvgIpc) is 3.04. The van der Waals surface area contributed by atoms with Crippen molar-refractivity contribution >= 4 is 23.1 Å². The van der Waals surface area contributed by atoms with Crippen molar-refractivity contribution in [1.29, 1.82) is 0 Å². The van der Waals surface area contributed by atoms with E-state index < -0.39 is 4.92 Å². The van der Waals surface area contributed by atoms with Crippen molar-refractivity contribution in [3.05, 3.63) is 27.4 Å². The molecule has 2 aliphatic rings. The number of ether oxygens (including phenoxy) is 1. The van der Waals surface area contributed by atoms with Gasteiger partial charge in [-0.15, -0.1) is 0 Å². The molecule has 2 aliphatic heterocycles. The van der Waals surface area contributed by atoms with Gasteiger partial charge in [0.25, 0.3) is 5.69 Å². The number of hydrogen-bond donors (Lipinski definition) is 1. The topological polar surface area (TPSA) is 80.5 Å². The summed E-state index contributed by atoms with van der Waals surface area (Å²) in [4.78, 5) is 16.7. The molecule has 8 heteroatoms. The minimum absolute atomic E-state index is 0.0911. The van der Waals surface area contributed by atoms with E-state index in [2.05, 4.69) is 15.2 Å². The fourth-order valence-corrected chi connectivity index (χ4v) is 3.26. The molecule has 2 fully saturated rings. The van der Waals surface area contributed by atoms with Crippen LogP contribution in [-0.2, 0) is 4.74 Å². The Balaban J connectivity index is 1.55. The van der Waals surface area contributed by atoms with E-state index in [4.69, 9.17) is 16.3 Å². The number of pyridine rings is 1. The van der Waals surface area contributed by atoms with Crippen LogP contribution in [0.2, 0.25) is 5.02 Å².